The van der Waals surface area contributed by atoms with Crippen LogP contribution in [0.25, 0.3) is 0 Å². The molecule has 0 aliphatic rings. The Balaban J connectivity index is 4.89. The molecule has 0 saturated carbocycles. The van der Waals surface area contributed by atoms with E-state index in [1.54, 1.807) is 20.8 Å². The summed E-state index contributed by atoms with van der Waals surface area (Å²) >= 11 is 0. The molecule has 7 nitrogen and oxygen atoms in total. The van der Waals surface area contributed by atoms with E-state index in [-0.39, 0.29) is 13.0 Å². The van der Waals surface area contributed by atoms with Gasteiger partial charge in [-0.15, -0.1) is 0 Å². The number of rotatable bonds is 5. The topological polar surface area (TPSA) is 93.1 Å². The number of aliphatic carboxylic acids is 1. The number of amides is 1. The molecule has 0 aliphatic heterocycles. The first kappa shape index (κ1) is 17.2. The molecule has 0 saturated heterocycles. The molecule has 1 amide bonds. The van der Waals surface area contributed by atoms with Crippen molar-refractivity contribution in [3.8, 4) is 0 Å². The molecule has 7 heteroatoms. The van der Waals surface area contributed by atoms with E-state index in [1.807, 2.05) is 0 Å². The summed E-state index contributed by atoms with van der Waals surface area (Å²) in [5.41, 5.74) is -0.728. The number of ether oxygens (including phenoxy) is 2. The Morgan fingerprint density at radius 1 is 1.26 bits per heavy atom. The van der Waals surface area contributed by atoms with Gasteiger partial charge in [0, 0.05) is 6.54 Å². The van der Waals surface area contributed by atoms with Gasteiger partial charge in [0.15, 0.2) is 0 Å². The third kappa shape index (κ3) is 6.64. The lowest BCUT2D eigenvalue weighted by Crippen LogP contribution is -2.47. The maximum atomic E-state index is 11.9. The van der Waals surface area contributed by atoms with Crippen molar-refractivity contribution in [2.75, 3.05) is 13.7 Å². The standard InChI is InChI=1S/C12H21NO6/c1-8(10(16)18-5)13(7-6-9(14)15)11(17)19-12(2,3)4/h8H,6-7H2,1-5H3,(H,14,15). The molecule has 0 aromatic rings. The first-order chi connectivity index (χ1) is 8.58. The normalized spacial score (nSPS) is 12.5. The highest BCUT2D eigenvalue weighted by Crippen LogP contribution is 2.13. The maximum Gasteiger partial charge on any atom is 0.411 e. The number of nitrogens with zero attached hydrogens (tertiary/aromatic N) is 1. The smallest absolute Gasteiger partial charge is 0.411 e. The van der Waals surface area contributed by atoms with E-state index in [1.165, 1.54) is 14.0 Å². The molecule has 0 spiro atoms. The third-order valence-corrected chi connectivity index (χ3v) is 2.20. The Morgan fingerprint density at radius 2 is 1.79 bits per heavy atom. The van der Waals surface area contributed by atoms with Gasteiger partial charge in [-0.3, -0.25) is 9.69 Å². The van der Waals surface area contributed by atoms with Gasteiger partial charge in [0.2, 0.25) is 0 Å². The molecule has 1 atom stereocenters. The summed E-state index contributed by atoms with van der Waals surface area (Å²) in [5.74, 6) is -1.69. The molecule has 0 heterocycles. The minimum absolute atomic E-state index is 0.124. The monoisotopic (exact) mass is 275 g/mol. The lowest BCUT2D eigenvalue weighted by atomic mass is 10.2. The Bertz CT molecular complexity index is 347. The van der Waals surface area contributed by atoms with Gasteiger partial charge < -0.3 is 14.6 Å². The Morgan fingerprint density at radius 3 is 2.16 bits per heavy atom. The van der Waals surface area contributed by atoms with Gasteiger partial charge in [0.1, 0.15) is 11.6 Å². The second kappa shape index (κ2) is 6.96. The number of esters is 1. The molecule has 0 radical (unpaired) electrons. The van der Waals surface area contributed by atoms with E-state index in [9.17, 15) is 14.4 Å². The average molecular weight is 275 g/mol. The predicted molar refractivity (Wildman–Crippen MR) is 66.7 cm³/mol. The van der Waals surface area contributed by atoms with Gasteiger partial charge in [-0.25, -0.2) is 9.59 Å². The van der Waals surface area contributed by atoms with Gasteiger partial charge >= 0.3 is 18.0 Å². The number of hydrogen-bond donors (Lipinski definition) is 1. The van der Waals surface area contributed by atoms with Crippen molar-refractivity contribution < 1.29 is 29.0 Å². The van der Waals surface area contributed by atoms with Crippen molar-refractivity contribution >= 4 is 18.0 Å². The molecule has 110 valence electrons. The van der Waals surface area contributed by atoms with Crippen LogP contribution in [-0.4, -0.2) is 53.3 Å². The van der Waals surface area contributed by atoms with Crippen molar-refractivity contribution in [1.82, 2.24) is 4.90 Å². The first-order valence-electron chi connectivity index (χ1n) is 5.87. The van der Waals surface area contributed by atoms with Gasteiger partial charge in [0.05, 0.1) is 13.5 Å². The molecule has 0 aliphatic carbocycles. The van der Waals surface area contributed by atoms with Crippen LogP contribution in [0.4, 0.5) is 4.79 Å². The number of carbonyl (C=O) groups is 3. The van der Waals surface area contributed by atoms with Crippen LogP contribution >= 0.6 is 0 Å². The van der Waals surface area contributed by atoms with E-state index in [4.69, 9.17) is 9.84 Å². The van der Waals surface area contributed by atoms with Gasteiger partial charge in [0.25, 0.3) is 0 Å². The third-order valence-electron chi connectivity index (χ3n) is 2.20. The van der Waals surface area contributed by atoms with Crippen LogP contribution in [-0.2, 0) is 19.1 Å². The fourth-order valence-electron chi connectivity index (χ4n) is 1.28. The Hall–Kier alpha value is -1.79. The van der Waals surface area contributed by atoms with Crippen molar-refractivity contribution in [3.63, 3.8) is 0 Å². The summed E-state index contributed by atoms with van der Waals surface area (Å²) in [6, 6.07) is -0.904. The minimum Gasteiger partial charge on any atom is -0.481 e. The highest BCUT2D eigenvalue weighted by molar-refractivity contribution is 5.81. The quantitative estimate of drug-likeness (QED) is 0.759. The summed E-state index contributed by atoms with van der Waals surface area (Å²) < 4.78 is 9.68. The molecule has 0 fully saturated rings. The summed E-state index contributed by atoms with van der Waals surface area (Å²) in [4.78, 5) is 35.0. The van der Waals surface area contributed by atoms with E-state index in [0.29, 0.717) is 0 Å². The molecule has 0 aromatic carbocycles. The van der Waals surface area contributed by atoms with Crippen LogP contribution in [0, 0.1) is 0 Å². The number of carboxylic acids is 1. The number of carboxylic acid groups (broad SMARTS) is 1. The zero-order chi connectivity index (χ0) is 15.2. The number of carbonyl (C=O) groups excluding carboxylic acids is 2. The zero-order valence-electron chi connectivity index (χ0n) is 11.9. The first-order valence-corrected chi connectivity index (χ1v) is 5.87. The van der Waals surface area contributed by atoms with Crippen LogP contribution in [0.5, 0.6) is 0 Å². The lowest BCUT2D eigenvalue weighted by molar-refractivity contribution is -0.147. The van der Waals surface area contributed by atoms with Crippen molar-refractivity contribution in [1.29, 1.82) is 0 Å². The summed E-state index contributed by atoms with van der Waals surface area (Å²) in [6.45, 7) is 6.38. The Kier molecular flexibility index (Phi) is 6.31. The highest BCUT2D eigenvalue weighted by Gasteiger charge is 2.30. The van der Waals surface area contributed by atoms with Gasteiger partial charge in [-0.05, 0) is 27.7 Å². The zero-order valence-corrected chi connectivity index (χ0v) is 11.9. The van der Waals surface area contributed by atoms with E-state index in [2.05, 4.69) is 4.74 Å². The van der Waals surface area contributed by atoms with E-state index < -0.39 is 29.7 Å². The van der Waals surface area contributed by atoms with Gasteiger partial charge in [-0.1, -0.05) is 0 Å². The SMILES string of the molecule is COC(=O)C(C)N(CCC(=O)O)C(=O)OC(C)(C)C. The molecule has 0 bridgehead atoms. The molecular weight excluding hydrogens is 254 g/mol. The molecular formula is C12H21NO6. The van der Waals surface area contributed by atoms with Crippen LogP contribution in [0.15, 0.2) is 0 Å². The van der Waals surface area contributed by atoms with Crippen LogP contribution in [0.3, 0.4) is 0 Å². The highest BCUT2D eigenvalue weighted by atomic mass is 16.6. The van der Waals surface area contributed by atoms with Gasteiger partial charge in [-0.2, -0.15) is 0 Å². The van der Waals surface area contributed by atoms with Crippen molar-refractivity contribution in [2.45, 2.75) is 45.8 Å². The summed E-state index contributed by atoms with van der Waals surface area (Å²) in [5, 5.41) is 8.66. The predicted octanol–water partition coefficient (Wildman–Crippen LogP) is 1.26. The maximum absolute atomic E-state index is 11.9. The minimum atomic E-state index is -1.06. The Labute approximate surface area is 112 Å². The van der Waals surface area contributed by atoms with Crippen LogP contribution < -0.4 is 0 Å². The molecule has 0 aromatic heterocycles. The fraction of sp³-hybridized carbons (Fsp3) is 0.750. The molecule has 19 heavy (non-hydrogen) atoms. The fourth-order valence-corrected chi connectivity index (χ4v) is 1.28. The summed E-state index contributed by atoms with van der Waals surface area (Å²) in [6.07, 6.45) is -1.02. The summed E-state index contributed by atoms with van der Waals surface area (Å²) in [7, 11) is 1.20. The molecule has 1 N–H and O–H groups in total. The number of hydrogen-bond acceptors (Lipinski definition) is 5. The lowest BCUT2D eigenvalue weighted by Gasteiger charge is -2.30. The molecule has 0 rings (SSSR count). The van der Waals surface area contributed by atoms with Crippen LogP contribution in [0.1, 0.15) is 34.1 Å². The van der Waals surface area contributed by atoms with Crippen molar-refractivity contribution in [2.24, 2.45) is 0 Å². The molecule has 1 unspecified atom stereocenters. The largest absolute Gasteiger partial charge is 0.481 e. The number of methoxy groups -OCH3 is 1. The van der Waals surface area contributed by atoms with Crippen LogP contribution in [0.2, 0.25) is 0 Å². The second-order valence-corrected chi connectivity index (χ2v) is 5.02. The second-order valence-electron chi connectivity index (χ2n) is 5.02. The van der Waals surface area contributed by atoms with Crippen molar-refractivity contribution in [3.05, 3.63) is 0 Å². The van der Waals surface area contributed by atoms with E-state index >= 15 is 0 Å². The average Bonchev–Trinajstić information content (AvgIpc) is 2.24. The van der Waals surface area contributed by atoms with E-state index in [0.717, 1.165) is 4.90 Å².